The summed E-state index contributed by atoms with van der Waals surface area (Å²) in [6.07, 6.45) is 1.28. The monoisotopic (exact) mass is 250 g/mol. The fourth-order valence-corrected chi connectivity index (χ4v) is 1.72. The lowest BCUT2D eigenvalue weighted by molar-refractivity contribution is 0.0567. The van der Waals surface area contributed by atoms with Crippen LogP contribution in [-0.4, -0.2) is 29.8 Å². The van der Waals surface area contributed by atoms with Crippen molar-refractivity contribution in [1.29, 1.82) is 0 Å². The summed E-state index contributed by atoms with van der Waals surface area (Å²) < 4.78 is 10.9. The summed E-state index contributed by atoms with van der Waals surface area (Å²) in [4.78, 5) is 17.8. The molecule has 0 aliphatic carbocycles. The van der Waals surface area contributed by atoms with Crippen LogP contribution in [0.1, 0.15) is 26.5 Å². The van der Waals surface area contributed by atoms with Gasteiger partial charge in [0, 0.05) is 11.8 Å². The lowest BCUT2D eigenvalue weighted by Gasteiger charge is -2.31. The van der Waals surface area contributed by atoms with Gasteiger partial charge in [-0.05, 0) is 27.7 Å². The number of carbonyl (C=O) groups is 1. The van der Waals surface area contributed by atoms with E-state index in [4.69, 9.17) is 9.47 Å². The number of amides is 1. The van der Waals surface area contributed by atoms with E-state index in [1.165, 1.54) is 0 Å². The van der Waals surface area contributed by atoms with Gasteiger partial charge in [-0.3, -0.25) is 9.88 Å². The van der Waals surface area contributed by atoms with Gasteiger partial charge in [-0.1, -0.05) is 0 Å². The van der Waals surface area contributed by atoms with Crippen LogP contribution >= 0.6 is 0 Å². The first-order valence-corrected chi connectivity index (χ1v) is 5.97. The lowest BCUT2D eigenvalue weighted by Crippen LogP contribution is -2.41. The van der Waals surface area contributed by atoms with Crippen molar-refractivity contribution in [3.63, 3.8) is 0 Å². The summed E-state index contributed by atoms with van der Waals surface area (Å²) in [6.45, 7) is 8.37. The molecule has 5 heteroatoms. The Labute approximate surface area is 107 Å². The molecule has 98 valence electrons. The van der Waals surface area contributed by atoms with Gasteiger partial charge < -0.3 is 9.47 Å². The Hall–Kier alpha value is -1.78. The van der Waals surface area contributed by atoms with Crippen LogP contribution in [0.4, 0.5) is 10.5 Å². The van der Waals surface area contributed by atoms with Gasteiger partial charge in [-0.25, -0.2) is 4.79 Å². The average molecular weight is 250 g/mol. The number of aryl methyl sites for hydroxylation is 1. The molecule has 5 nitrogen and oxygen atoms in total. The molecule has 0 spiro atoms. The van der Waals surface area contributed by atoms with Gasteiger partial charge in [-0.15, -0.1) is 0 Å². The Kier molecular flexibility index (Phi) is 3.15. The molecule has 0 bridgehead atoms. The predicted octanol–water partition coefficient (Wildman–Crippen LogP) is 2.52. The standard InChI is InChI=1S/C13H18N2O3/c1-9-7-11-10(8-14-9)15(5-6-17-11)12(16)18-13(2,3)4/h7-8H,5-6H2,1-4H3. The zero-order valence-electron chi connectivity index (χ0n) is 11.2. The summed E-state index contributed by atoms with van der Waals surface area (Å²) in [5.74, 6) is 0.680. The second-order valence-corrected chi connectivity index (χ2v) is 5.27. The maximum atomic E-state index is 12.1. The Balaban J connectivity index is 2.25. The quantitative estimate of drug-likeness (QED) is 0.710. The molecule has 0 unspecified atom stereocenters. The van der Waals surface area contributed by atoms with Gasteiger partial charge in [0.15, 0.2) is 0 Å². The number of ether oxygens (including phenoxy) is 2. The average Bonchev–Trinajstić information content (AvgIpc) is 2.25. The van der Waals surface area contributed by atoms with Gasteiger partial charge in [0.25, 0.3) is 0 Å². The van der Waals surface area contributed by atoms with E-state index in [0.29, 0.717) is 24.6 Å². The van der Waals surface area contributed by atoms with E-state index < -0.39 is 5.60 Å². The highest BCUT2D eigenvalue weighted by Crippen LogP contribution is 2.32. The minimum atomic E-state index is -0.506. The second kappa shape index (κ2) is 4.48. The third-order valence-corrected chi connectivity index (χ3v) is 2.46. The van der Waals surface area contributed by atoms with Crippen molar-refractivity contribution >= 4 is 11.8 Å². The molecule has 0 aromatic carbocycles. The lowest BCUT2D eigenvalue weighted by atomic mass is 10.2. The highest BCUT2D eigenvalue weighted by molar-refractivity contribution is 5.90. The number of pyridine rings is 1. The van der Waals surface area contributed by atoms with Crippen molar-refractivity contribution < 1.29 is 14.3 Å². The van der Waals surface area contributed by atoms with Crippen molar-refractivity contribution in [2.45, 2.75) is 33.3 Å². The van der Waals surface area contributed by atoms with E-state index in [1.807, 2.05) is 33.8 Å². The highest BCUT2D eigenvalue weighted by atomic mass is 16.6. The SMILES string of the molecule is Cc1cc2c(cn1)N(C(=O)OC(C)(C)C)CCO2. The molecule has 1 aliphatic heterocycles. The van der Waals surface area contributed by atoms with E-state index in [9.17, 15) is 4.79 Å². The molecule has 1 aromatic heterocycles. The summed E-state index contributed by atoms with van der Waals surface area (Å²) in [7, 11) is 0. The third-order valence-electron chi connectivity index (χ3n) is 2.46. The number of aromatic nitrogens is 1. The summed E-state index contributed by atoms with van der Waals surface area (Å²) in [5.41, 5.74) is 1.02. The van der Waals surface area contributed by atoms with Gasteiger partial charge in [-0.2, -0.15) is 0 Å². The largest absolute Gasteiger partial charge is 0.489 e. The Morgan fingerprint density at radius 3 is 2.89 bits per heavy atom. The molecule has 0 saturated carbocycles. The number of fused-ring (bicyclic) bond motifs is 1. The number of hydrogen-bond donors (Lipinski definition) is 0. The first-order chi connectivity index (χ1) is 8.37. The van der Waals surface area contributed by atoms with Crippen LogP contribution in [0, 0.1) is 6.92 Å². The minimum absolute atomic E-state index is 0.363. The number of carbonyl (C=O) groups excluding carboxylic acids is 1. The van der Waals surface area contributed by atoms with Crippen LogP contribution in [0.2, 0.25) is 0 Å². The molecule has 0 N–H and O–H groups in total. The first kappa shape index (κ1) is 12.7. The molecule has 18 heavy (non-hydrogen) atoms. The van der Waals surface area contributed by atoms with E-state index >= 15 is 0 Å². The van der Waals surface area contributed by atoms with Crippen molar-refractivity contribution in [1.82, 2.24) is 4.98 Å². The molecule has 0 radical (unpaired) electrons. The summed E-state index contributed by atoms with van der Waals surface area (Å²) >= 11 is 0. The second-order valence-electron chi connectivity index (χ2n) is 5.27. The fourth-order valence-electron chi connectivity index (χ4n) is 1.72. The van der Waals surface area contributed by atoms with Crippen LogP contribution in [0.3, 0.4) is 0 Å². The number of hydrogen-bond acceptors (Lipinski definition) is 4. The molecule has 2 rings (SSSR count). The molecule has 0 atom stereocenters. The van der Waals surface area contributed by atoms with E-state index in [2.05, 4.69) is 4.98 Å². The van der Waals surface area contributed by atoms with Crippen LogP contribution in [0.5, 0.6) is 5.75 Å². The topological polar surface area (TPSA) is 51.7 Å². The number of nitrogens with zero attached hydrogens (tertiary/aromatic N) is 2. The van der Waals surface area contributed by atoms with Gasteiger partial charge in [0.2, 0.25) is 0 Å². The number of rotatable bonds is 0. The maximum absolute atomic E-state index is 12.1. The molecule has 0 saturated heterocycles. The normalized spacial score (nSPS) is 14.8. The van der Waals surface area contributed by atoms with Crippen molar-refractivity contribution in [3.8, 4) is 5.75 Å². The van der Waals surface area contributed by atoms with E-state index in [0.717, 1.165) is 5.69 Å². The van der Waals surface area contributed by atoms with E-state index in [1.54, 1.807) is 11.1 Å². The number of anilines is 1. The van der Waals surface area contributed by atoms with E-state index in [-0.39, 0.29) is 6.09 Å². The Morgan fingerprint density at radius 2 is 2.22 bits per heavy atom. The molecule has 2 heterocycles. The molecule has 1 aliphatic rings. The van der Waals surface area contributed by atoms with Crippen LogP contribution in [-0.2, 0) is 4.74 Å². The van der Waals surface area contributed by atoms with Gasteiger partial charge >= 0.3 is 6.09 Å². The smallest absolute Gasteiger partial charge is 0.415 e. The highest BCUT2D eigenvalue weighted by Gasteiger charge is 2.28. The zero-order valence-corrected chi connectivity index (χ0v) is 11.2. The third kappa shape index (κ3) is 2.72. The first-order valence-electron chi connectivity index (χ1n) is 5.97. The zero-order chi connectivity index (χ0) is 13.3. The molecule has 1 amide bonds. The fraction of sp³-hybridized carbons (Fsp3) is 0.538. The van der Waals surface area contributed by atoms with Gasteiger partial charge in [0.1, 0.15) is 23.6 Å². The van der Waals surface area contributed by atoms with Crippen molar-refractivity contribution in [2.24, 2.45) is 0 Å². The van der Waals surface area contributed by atoms with Gasteiger partial charge in [0.05, 0.1) is 12.7 Å². The molecular formula is C13H18N2O3. The summed E-state index contributed by atoms with van der Waals surface area (Å²) in [5, 5.41) is 0. The van der Waals surface area contributed by atoms with Crippen molar-refractivity contribution in [3.05, 3.63) is 18.0 Å². The van der Waals surface area contributed by atoms with Crippen molar-refractivity contribution in [2.75, 3.05) is 18.1 Å². The maximum Gasteiger partial charge on any atom is 0.415 e. The molecule has 0 fully saturated rings. The Bertz CT molecular complexity index is 466. The van der Waals surface area contributed by atoms with Crippen LogP contribution in [0.25, 0.3) is 0 Å². The molecule has 1 aromatic rings. The minimum Gasteiger partial charge on any atom is -0.489 e. The van der Waals surface area contributed by atoms with Crippen LogP contribution < -0.4 is 9.64 Å². The summed E-state index contributed by atoms with van der Waals surface area (Å²) in [6, 6.07) is 1.83. The predicted molar refractivity (Wildman–Crippen MR) is 68.0 cm³/mol. The Morgan fingerprint density at radius 1 is 1.50 bits per heavy atom. The molecular weight excluding hydrogens is 232 g/mol. The van der Waals surface area contributed by atoms with Crippen LogP contribution in [0.15, 0.2) is 12.3 Å².